The number of benzene rings is 2. The van der Waals surface area contributed by atoms with Gasteiger partial charge in [0.2, 0.25) is 5.60 Å². The predicted octanol–water partition coefficient (Wildman–Crippen LogP) is 2.48. The van der Waals surface area contributed by atoms with Gasteiger partial charge in [-0.2, -0.15) is 5.10 Å². The lowest BCUT2D eigenvalue weighted by Crippen LogP contribution is -2.54. The lowest BCUT2D eigenvalue weighted by molar-refractivity contribution is -0.913. The van der Waals surface area contributed by atoms with Crippen LogP contribution < -0.4 is 5.32 Å². The van der Waals surface area contributed by atoms with Crippen molar-refractivity contribution in [2.24, 2.45) is 0 Å². The van der Waals surface area contributed by atoms with Crippen molar-refractivity contribution in [1.82, 2.24) is 10.2 Å². The first-order chi connectivity index (χ1) is 16.4. The number of fused-ring (bicyclic) bond motifs is 3. The van der Waals surface area contributed by atoms with Crippen molar-refractivity contribution in [1.29, 1.82) is 0 Å². The van der Waals surface area contributed by atoms with Gasteiger partial charge >= 0.3 is 5.97 Å². The monoisotopic (exact) mass is 459 g/mol. The number of likely N-dealkylation sites (N-methyl/N-ethyl adjacent to an activating group) is 1. The molecule has 1 aromatic heterocycles. The summed E-state index contributed by atoms with van der Waals surface area (Å²) in [5.74, 6) is -0.451. The van der Waals surface area contributed by atoms with Crippen LogP contribution in [0.3, 0.4) is 0 Å². The largest absolute Gasteiger partial charge is 0.457 e. The molecule has 1 fully saturated rings. The number of nitrogens with zero attached hydrogens (tertiary/aromatic N) is 3. The molecule has 1 aliphatic heterocycles. The molecule has 0 saturated carbocycles. The number of hydrogen-bond acceptors (Lipinski definition) is 6. The number of carbonyl (C=O) groups is 2. The third kappa shape index (κ3) is 3.74. The zero-order valence-electron chi connectivity index (χ0n) is 19.0. The number of rotatable bonds is 6. The molecular weight excluding hydrogens is 432 g/mol. The Morgan fingerprint density at radius 3 is 2.41 bits per heavy atom. The highest BCUT2D eigenvalue weighted by Gasteiger charge is 2.50. The van der Waals surface area contributed by atoms with E-state index in [9.17, 15) is 14.7 Å². The van der Waals surface area contributed by atoms with E-state index >= 15 is 0 Å². The summed E-state index contributed by atoms with van der Waals surface area (Å²) in [6.07, 6.45) is 3.30. The minimum absolute atomic E-state index is 0.0490. The average Bonchev–Trinajstić information content (AvgIpc) is 3.34. The van der Waals surface area contributed by atoms with Crippen LogP contribution in [0.15, 0.2) is 66.9 Å². The molecule has 0 radical (unpaired) electrons. The fourth-order valence-electron chi connectivity index (χ4n) is 5.24. The van der Waals surface area contributed by atoms with E-state index in [1.807, 2.05) is 43.4 Å². The Morgan fingerprint density at radius 1 is 1.09 bits per heavy atom. The van der Waals surface area contributed by atoms with Crippen LogP contribution >= 0.6 is 0 Å². The second kappa shape index (κ2) is 8.62. The maximum atomic E-state index is 13.4. The number of hydrogen-bond donors (Lipinski definition) is 2. The van der Waals surface area contributed by atoms with Crippen molar-refractivity contribution in [3.8, 4) is 11.1 Å². The second-order valence-electron chi connectivity index (χ2n) is 9.21. The number of esters is 1. The van der Waals surface area contributed by atoms with E-state index in [0.29, 0.717) is 21.4 Å². The number of amides is 1. The van der Waals surface area contributed by atoms with E-state index in [1.165, 1.54) is 0 Å². The zero-order valence-corrected chi connectivity index (χ0v) is 19.0. The van der Waals surface area contributed by atoms with E-state index in [2.05, 4.69) is 15.5 Å². The molecule has 8 heteroatoms. The van der Waals surface area contributed by atoms with Gasteiger partial charge in [-0.05, 0) is 23.3 Å². The van der Waals surface area contributed by atoms with E-state index in [1.54, 1.807) is 30.5 Å². The Kier molecular flexibility index (Phi) is 5.63. The Morgan fingerprint density at radius 2 is 1.76 bits per heavy atom. The SMILES string of the molecule is C[N@+]1(CC(=O)Nc2cccnn2)CCCC1COC(=O)C1(O)c2ccccc2-c2ccccc21. The molecule has 174 valence electrons. The second-order valence-corrected chi connectivity index (χ2v) is 9.21. The first-order valence-electron chi connectivity index (χ1n) is 11.4. The van der Waals surface area contributed by atoms with Crippen molar-refractivity contribution >= 4 is 17.7 Å². The number of carbonyl (C=O) groups excluding carboxylic acids is 2. The molecule has 2 aromatic carbocycles. The average molecular weight is 460 g/mol. The fraction of sp³-hybridized carbons (Fsp3) is 0.308. The summed E-state index contributed by atoms with van der Waals surface area (Å²) in [7, 11) is 2.00. The molecule has 2 atom stereocenters. The van der Waals surface area contributed by atoms with Gasteiger partial charge in [0.25, 0.3) is 5.91 Å². The summed E-state index contributed by atoms with van der Waals surface area (Å²) in [5.41, 5.74) is 0.888. The molecule has 1 unspecified atom stereocenters. The molecule has 2 N–H and O–H groups in total. The molecule has 0 bridgehead atoms. The van der Waals surface area contributed by atoms with Crippen LogP contribution in [-0.2, 0) is 19.9 Å². The van der Waals surface area contributed by atoms with Crippen LogP contribution in [0.5, 0.6) is 0 Å². The number of anilines is 1. The summed E-state index contributed by atoms with van der Waals surface area (Å²) < 4.78 is 6.21. The summed E-state index contributed by atoms with van der Waals surface area (Å²) in [6.45, 7) is 1.15. The third-order valence-corrected chi connectivity index (χ3v) is 7.06. The van der Waals surface area contributed by atoms with Crippen molar-refractivity contribution in [2.45, 2.75) is 24.5 Å². The highest BCUT2D eigenvalue weighted by atomic mass is 16.6. The number of nitrogens with one attached hydrogen (secondary N) is 1. The van der Waals surface area contributed by atoms with Gasteiger partial charge in [-0.1, -0.05) is 48.5 Å². The molecule has 1 aliphatic carbocycles. The first kappa shape index (κ1) is 22.2. The lowest BCUT2D eigenvalue weighted by atomic mass is 9.91. The molecule has 34 heavy (non-hydrogen) atoms. The van der Waals surface area contributed by atoms with Crippen molar-refractivity contribution in [3.05, 3.63) is 78.0 Å². The van der Waals surface area contributed by atoms with Crippen LogP contribution in [0.4, 0.5) is 5.82 Å². The van der Waals surface area contributed by atoms with Gasteiger partial charge in [0.15, 0.2) is 12.4 Å². The van der Waals surface area contributed by atoms with E-state index in [0.717, 1.165) is 30.5 Å². The predicted molar refractivity (Wildman–Crippen MR) is 125 cm³/mol. The number of ether oxygens (including phenoxy) is 1. The quantitative estimate of drug-likeness (QED) is 0.434. The molecule has 8 nitrogen and oxygen atoms in total. The molecule has 0 spiro atoms. The van der Waals surface area contributed by atoms with Crippen molar-refractivity contribution < 1.29 is 23.9 Å². The number of aromatic nitrogens is 2. The van der Waals surface area contributed by atoms with Crippen molar-refractivity contribution in [3.63, 3.8) is 0 Å². The molecule has 1 amide bonds. The van der Waals surface area contributed by atoms with Gasteiger partial charge in [-0.25, -0.2) is 4.79 Å². The standard InChI is InChI=1S/C26H26N4O4/c1-30(16-24(31)28-23-13-6-14-27-29-23)15-7-8-18(30)17-34-25(32)26(33)21-11-4-2-9-19(21)20-10-3-5-12-22(20)26/h2-6,9-14,18,33H,7-8,15-17H2,1H3/p+1/t18?,30-/m1/s1. The molecule has 2 aliphatic rings. The van der Waals surface area contributed by atoms with Gasteiger partial charge in [0.1, 0.15) is 12.6 Å². The number of likely N-dealkylation sites (tertiary alicyclic amines) is 1. The van der Waals surface area contributed by atoms with Gasteiger partial charge < -0.3 is 19.6 Å². The zero-order chi connectivity index (χ0) is 23.8. The van der Waals surface area contributed by atoms with E-state index in [-0.39, 0.29) is 25.1 Å². The normalized spacial score (nSPS) is 22.0. The molecule has 3 aromatic rings. The molecule has 1 saturated heterocycles. The summed E-state index contributed by atoms with van der Waals surface area (Å²) >= 11 is 0. The highest BCUT2D eigenvalue weighted by molar-refractivity contribution is 5.96. The molecular formula is C26H27N4O4+. The van der Waals surface area contributed by atoms with Gasteiger partial charge in [-0.3, -0.25) is 4.79 Å². The van der Waals surface area contributed by atoms with E-state index in [4.69, 9.17) is 4.74 Å². The summed E-state index contributed by atoms with van der Waals surface area (Å²) in [4.78, 5) is 26.0. The lowest BCUT2D eigenvalue weighted by Gasteiger charge is -2.35. The fourth-order valence-corrected chi connectivity index (χ4v) is 5.24. The van der Waals surface area contributed by atoms with Crippen LogP contribution in [0.1, 0.15) is 24.0 Å². The number of quaternary nitrogens is 1. The minimum Gasteiger partial charge on any atom is -0.457 e. The molecule has 2 heterocycles. The Balaban J connectivity index is 1.30. The summed E-state index contributed by atoms with van der Waals surface area (Å²) in [6, 6.07) is 18.1. The van der Waals surface area contributed by atoms with Crippen LogP contribution in [0.2, 0.25) is 0 Å². The van der Waals surface area contributed by atoms with Crippen LogP contribution in [-0.4, -0.2) is 64.4 Å². The number of aliphatic hydroxyl groups is 1. The maximum Gasteiger partial charge on any atom is 0.347 e. The maximum absolute atomic E-state index is 13.4. The van der Waals surface area contributed by atoms with E-state index < -0.39 is 11.6 Å². The van der Waals surface area contributed by atoms with Gasteiger partial charge in [0.05, 0.1) is 13.6 Å². The van der Waals surface area contributed by atoms with Crippen molar-refractivity contribution in [2.75, 3.05) is 32.1 Å². The minimum atomic E-state index is -1.85. The van der Waals surface area contributed by atoms with Gasteiger partial charge in [0, 0.05) is 30.2 Å². The third-order valence-electron chi connectivity index (χ3n) is 7.06. The highest BCUT2D eigenvalue weighted by Crippen LogP contribution is 2.48. The van der Waals surface area contributed by atoms with Gasteiger partial charge in [-0.15, -0.1) is 5.10 Å². The first-order valence-corrected chi connectivity index (χ1v) is 11.4. The topological polar surface area (TPSA) is 101 Å². The van der Waals surface area contributed by atoms with Crippen LogP contribution in [0, 0.1) is 0 Å². The van der Waals surface area contributed by atoms with Crippen LogP contribution in [0.25, 0.3) is 11.1 Å². The Labute approximate surface area is 197 Å². The Bertz CT molecular complexity index is 1190. The Hall–Kier alpha value is -3.62. The molecule has 5 rings (SSSR count). The smallest absolute Gasteiger partial charge is 0.347 e. The summed E-state index contributed by atoms with van der Waals surface area (Å²) in [5, 5.41) is 22.1.